The first-order valence-corrected chi connectivity index (χ1v) is 10.7. The van der Waals surface area contributed by atoms with Gasteiger partial charge in [-0.2, -0.15) is 15.8 Å². The molecule has 2 heterocycles. The molecule has 0 amide bonds. The Bertz CT molecular complexity index is 1220. The summed E-state index contributed by atoms with van der Waals surface area (Å²) < 4.78 is 5.55. The fraction of sp³-hybridized carbons (Fsp3) is 0.160. The molecular formula is C25H18N4OS. The highest BCUT2D eigenvalue weighted by Crippen LogP contribution is 2.50. The molecule has 150 valence electrons. The van der Waals surface area contributed by atoms with Crippen molar-refractivity contribution >= 4 is 21.9 Å². The first-order chi connectivity index (χ1) is 15.3. The molecule has 5 nitrogen and oxygen atoms in total. The largest absolute Gasteiger partial charge is 0.378 e. The molecule has 6 heteroatoms. The van der Waals surface area contributed by atoms with Crippen molar-refractivity contribution in [1.29, 1.82) is 15.8 Å². The molecule has 0 atom stereocenters. The summed E-state index contributed by atoms with van der Waals surface area (Å²) in [5.41, 5.74) is 3.79. The minimum Gasteiger partial charge on any atom is -0.378 e. The van der Waals surface area contributed by atoms with Crippen molar-refractivity contribution in [3.8, 4) is 40.5 Å². The van der Waals surface area contributed by atoms with Crippen molar-refractivity contribution in [3.05, 3.63) is 71.1 Å². The number of benzene rings is 2. The molecule has 31 heavy (non-hydrogen) atoms. The van der Waals surface area contributed by atoms with Crippen LogP contribution in [0.3, 0.4) is 0 Å². The second-order valence-corrected chi connectivity index (χ2v) is 7.90. The molecule has 0 aliphatic carbocycles. The topological polar surface area (TPSA) is 83.8 Å². The molecule has 1 aromatic heterocycles. The molecule has 1 aliphatic heterocycles. The van der Waals surface area contributed by atoms with E-state index in [0.717, 1.165) is 40.3 Å². The van der Waals surface area contributed by atoms with Gasteiger partial charge in [0.25, 0.3) is 0 Å². The van der Waals surface area contributed by atoms with E-state index in [1.54, 1.807) is 0 Å². The molecule has 2 aromatic carbocycles. The summed E-state index contributed by atoms with van der Waals surface area (Å²) in [6.45, 7) is 2.74. The molecule has 4 rings (SSSR count). The van der Waals surface area contributed by atoms with Crippen molar-refractivity contribution in [3.63, 3.8) is 0 Å². The third-order valence-electron chi connectivity index (χ3n) is 5.13. The summed E-state index contributed by atoms with van der Waals surface area (Å²) in [6, 6.07) is 25.8. The SMILES string of the molecule is N#CC(C#N)=C(C#N)c1sc(N2CCOCC2)c(-c2ccccc2)c1-c1ccccc1. The van der Waals surface area contributed by atoms with Gasteiger partial charge in [-0.25, -0.2) is 0 Å². The number of nitriles is 3. The lowest BCUT2D eigenvalue weighted by Gasteiger charge is -2.29. The molecule has 3 aromatic rings. The fourth-order valence-corrected chi connectivity index (χ4v) is 5.09. The van der Waals surface area contributed by atoms with Crippen LogP contribution in [0.1, 0.15) is 4.88 Å². The average molecular weight is 423 g/mol. The maximum Gasteiger partial charge on any atom is 0.148 e. The summed E-state index contributed by atoms with van der Waals surface area (Å²) in [5.74, 6) is 0. The van der Waals surface area contributed by atoms with E-state index in [1.165, 1.54) is 11.3 Å². The molecule has 0 radical (unpaired) electrons. The quantitative estimate of drug-likeness (QED) is 0.537. The van der Waals surface area contributed by atoms with E-state index in [1.807, 2.05) is 72.8 Å². The minimum absolute atomic E-state index is 0.116. The lowest BCUT2D eigenvalue weighted by atomic mass is 9.93. The summed E-state index contributed by atoms with van der Waals surface area (Å²) >= 11 is 1.46. The Morgan fingerprint density at radius 2 is 1.32 bits per heavy atom. The summed E-state index contributed by atoms with van der Waals surface area (Å²) in [4.78, 5) is 2.91. The normalized spacial score (nSPS) is 13.0. The van der Waals surface area contributed by atoms with Crippen LogP contribution in [-0.4, -0.2) is 26.3 Å². The first kappa shape index (κ1) is 20.4. The lowest BCUT2D eigenvalue weighted by molar-refractivity contribution is 0.123. The highest BCUT2D eigenvalue weighted by Gasteiger charge is 2.28. The predicted molar refractivity (Wildman–Crippen MR) is 122 cm³/mol. The van der Waals surface area contributed by atoms with E-state index in [-0.39, 0.29) is 11.1 Å². The Labute approximate surface area is 185 Å². The van der Waals surface area contributed by atoms with E-state index in [9.17, 15) is 15.8 Å². The zero-order valence-electron chi connectivity index (χ0n) is 16.7. The number of ether oxygens (including phenoxy) is 1. The van der Waals surface area contributed by atoms with Gasteiger partial charge < -0.3 is 9.64 Å². The number of morpholine rings is 1. The Kier molecular flexibility index (Phi) is 6.11. The number of thiophene rings is 1. The van der Waals surface area contributed by atoms with Gasteiger partial charge in [0.05, 0.1) is 23.7 Å². The maximum atomic E-state index is 9.93. The van der Waals surface area contributed by atoms with Crippen LogP contribution in [-0.2, 0) is 4.74 Å². The highest BCUT2D eigenvalue weighted by molar-refractivity contribution is 7.18. The van der Waals surface area contributed by atoms with E-state index in [4.69, 9.17) is 4.74 Å². The third kappa shape index (κ3) is 3.93. The molecular weight excluding hydrogens is 404 g/mol. The zero-order valence-corrected chi connectivity index (χ0v) is 17.5. The molecule has 1 saturated heterocycles. The van der Waals surface area contributed by atoms with Crippen molar-refractivity contribution in [2.24, 2.45) is 0 Å². The smallest absolute Gasteiger partial charge is 0.148 e. The monoisotopic (exact) mass is 422 g/mol. The summed E-state index contributed by atoms with van der Waals surface area (Å²) in [7, 11) is 0. The van der Waals surface area contributed by atoms with E-state index in [0.29, 0.717) is 18.1 Å². The minimum atomic E-state index is -0.172. The molecule has 0 spiro atoms. The van der Waals surface area contributed by atoms with Gasteiger partial charge in [0, 0.05) is 24.2 Å². The first-order valence-electron chi connectivity index (χ1n) is 9.83. The number of anilines is 1. The second-order valence-electron chi connectivity index (χ2n) is 6.90. The van der Waals surface area contributed by atoms with Crippen molar-refractivity contribution < 1.29 is 4.74 Å². The van der Waals surface area contributed by atoms with Gasteiger partial charge >= 0.3 is 0 Å². The number of allylic oxidation sites excluding steroid dienone is 2. The zero-order chi connectivity index (χ0) is 21.6. The van der Waals surface area contributed by atoms with Crippen LogP contribution >= 0.6 is 11.3 Å². The Morgan fingerprint density at radius 1 is 0.774 bits per heavy atom. The molecule has 0 bridgehead atoms. The fourth-order valence-electron chi connectivity index (χ4n) is 3.69. The highest BCUT2D eigenvalue weighted by atomic mass is 32.1. The van der Waals surface area contributed by atoms with Crippen LogP contribution in [0, 0.1) is 34.0 Å². The van der Waals surface area contributed by atoms with E-state index < -0.39 is 0 Å². The van der Waals surface area contributed by atoms with E-state index in [2.05, 4.69) is 11.0 Å². The number of hydrogen-bond donors (Lipinski definition) is 0. The molecule has 0 saturated carbocycles. The molecule has 1 aliphatic rings. The Hall–Kier alpha value is -3.89. The van der Waals surface area contributed by atoms with Crippen LogP contribution in [0.2, 0.25) is 0 Å². The van der Waals surface area contributed by atoms with Gasteiger partial charge in [0.2, 0.25) is 0 Å². The average Bonchev–Trinajstić information content (AvgIpc) is 3.24. The van der Waals surface area contributed by atoms with E-state index >= 15 is 0 Å². The maximum absolute atomic E-state index is 9.93. The predicted octanol–water partition coefficient (Wildman–Crippen LogP) is 5.24. The van der Waals surface area contributed by atoms with Gasteiger partial charge in [-0.3, -0.25) is 0 Å². The molecule has 0 unspecified atom stereocenters. The number of nitrogens with zero attached hydrogens (tertiary/aromatic N) is 4. The molecule has 0 N–H and O–H groups in total. The Balaban J connectivity index is 2.10. The van der Waals surface area contributed by atoms with Crippen LogP contribution in [0.4, 0.5) is 5.00 Å². The van der Waals surface area contributed by atoms with Gasteiger partial charge in [0.1, 0.15) is 28.8 Å². The molecule has 1 fully saturated rings. The second kappa shape index (κ2) is 9.28. The van der Waals surface area contributed by atoms with Crippen molar-refractivity contribution in [1.82, 2.24) is 0 Å². The van der Waals surface area contributed by atoms with Crippen LogP contribution < -0.4 is 4.90 Å². The van der Waals surface area contributed by atoms with Gasteiger partial charge in [-0.1, -0.05) is 60.7 Å². The number of rotatable bonds is 4. The summed E-state index contributed by atoms with van der Waals surface area (Å²) in [5, 5.41) is 29.9. The summed E-state index contributed by atoms with van der Waals surface area (Å²) in [6.07, 6.45) is 0. The van der Waals surface area contributed by atoms with Crippen LogP contribution in [0.5, 0.6) is 0 Å². The number of hydrogen-bond acceptors (Lipinski definition) is 6. The van der Waals surface area contributed by atoms with Gasteiger partial charge in [-0.05, 0) is 11.1 Å². The lowest BCUT2D eigenvalue weighted by Crippen LogP contribution is -2.35. The van der Waals surface area contributed by atoms with Crippen molar-refractivity contribution in [2.75, 3.05) is 31.2 Å². The standard InChI is InChI=1S/C25H18N4OS/c26-15-20(16-27)21(17-28)24-22(18-7-3-1-4-8-18)23(19-9-5-2-6-10-19)25(31-24)29-11-13-30-14-12-29/h1-10H,11-14H2. The van der Waals surface area contributed by atoms with Gasteiger partial charge in [0.15, 0.2) is 0 Å². The third-order valence-corrected chi connectivity index (χ3v) is 6.39. The van der Waals surface area contributed by atoms with Crippen molar-refractivity contribution in [2.45, 2.75) is 0 Å². The van der Waals surface area contributed by atoms with Crippen LogP contribution in [0.15, 0.2) is 66.2 Å². The van der Waals surface area contributed by atoms with Gasteiger partial charge in [-0.15, -0.1) is 11.3 Å². The van der Waals surface area contributed by atoms with Crippen LogP contribution in [0.25, 0.3) is 27.8 Å². The Morgan fingerprint density at radius 3 is 1.84 bits per heavy atom.